The Morgan fingerprint density at radius 1 is 0.885 bits per heavy atom. The molecule has 4 aromatic rings. The van der Waals surface area contributed by atoms with Crippen molar-refractivity contribution in [3.8, 4) is 11.1 Å². The van der Waals surface area contributed by atoms with Crippen molar-refractivity contribution in [3.05, 3.63) is 78.9 Å². The molecule has 0 amide bonds. The summed E-state index contributed by atoms with van der Waals surface area (Å²) < 4.78 is 40.7. The minimum Gasteiger partial charge on any atom is -0.345 e. The third-order valence-electron chi connectivity index (χ3n) is 4.01. The van der Waals surface area contributed by atoms with E-state index in [2.05, 4.69) is 14.7 Å². The van der Waals surface area contributed by atoms with Crippen LogP contribution >= 0.6 is 0 Å². The molecule has 0 radical (unpaired) electrons. The summed E-state index contributed by atoms with van der Waals surface area (Å²) in [6.45, 7) is 0. The second kappa shape index (κ2) is 6.27. The first-order valence-electron chi connectivity index (χ1n) is 7.83. The zero-order valence-corrected chi connectivity index (χ0v) is 14.3. The topological polar surface area (TPSA) is 74.8 Å². The molecule has 2 N–H and O–H groups in total. The van der Waals surface area contributed by atoms with Crippen LogP contribution in [-0.4, -0.2) is 18.4 Å². The van der Waals surface area contributed by atoms with Crippen LogP contribution < -0.4 is 4.72 Å². The van der Waals surface area contributed by atoms with Gasteiger partial charge in [0.05, 0.1) is 27.9 Å². The Bertz CT molecular complexity index is 1170. The van der Waals surface area contributed by atoms with Gasteiger partial charge in [-0.2, -0.15) is 0 Å². The number of rotatable bonds is 4. The van der Waals surface area contributed by atoms with Gasteiger partial charge in [-0.25, -0.2) is 17.8 Å². The minimum atomic E-state index is -3.72. The normalized spacial score (nSPS) is 11.6. The molecule has 0 aliphatic rings. The van der Waals surface area contributed by atoms with E-state index in [1.807, 2.05) is 0 Å². The molecule has 0 aliphatic heterocycles. The predicted octanol–water partition coefficient (Wildman–Crippen LogP) is 4.17. The van der Waals surface area contributed by atoms with Crippen molar-refractivity contribution in [1.29, 1.82) is 0 Å². The highest BCUT2D eigenvalue weighted by Crippen LogP contribution is 2.24. The van der Waals surface area contributed by atoms with E-state index >= 15 is 0 Å². The number of aromatic amines is 1. The molecule has 130 valence electrons. The van der Waals surface area contributed by atoms with Crippen LogP contribution in [0.25, 0.3) is 22.2 Å². The average molecular weight is 367 g/mol. The molecule has 1 heterocycles. The number of hydrogen-bond donors (Lipinski definition) is 2. The van der Waals surface area contributed by atoms with Gasteiger partial charge in [-0.3, -0.25) is 4.72 Å². The fourth-order valence-corrected chi connectivity index (χ4v) is 3.73. The number of nitrogens with zero attached hydrogens (tertiary/aromatic N) is 1. The third kappa shape index (κ3) is 3.16. The molecule has 0 spiro atoms. The smallest absolute Gasteiger partial charge is 0.261 e. The Morgan fingerprint density at radius 2 is 1.54 bits per heavy atom. The van der Waals surface area contributed by atoms with Crippen LogP contribution in [0, 0.1) is 5.82 Å². The van der Waals surface area contributed by atoms with Gasteiger partial charge in [0.15, 0.2) is 0 Å². The van der Waals surface area contributed by atoms with Gasteiger partial charge in [0, 0.05) is 0 Å². The van der Waals surface area contributed by atoms with Crippen molar-refractivity contribution in [2.24, 2.45) is 0 Å². The maximum atomic E-state index is 13.0. The van der Waals surface area contributed by atoms with E-state index in [0.29, 0.717) is 5.69 Å². The molecular formula is C19H14FN3O2S. The number of anilines is 1. The van der Waals surface area contributed by atoms with Crippen molar-refractivity contribution < 1.29 is 12.8 Å². The number of imidazole rings is 1. The zero-order valence-electron chi connectivity index (χ0n) is 13.5. The number of fused-ring (bicyclic) bond motifs is 1. The van der Waals surface area contributed by atoms with Gasteiger partial charge in [-0.05, 0) is 53.6 Å². The molecular weight excluding hydrogens is 353 g/mol. The summed E-state index contributed by atoms with van der Waals surface area (Å²) in [5, 5.41) is 0. The number of hydrogen-bond acceptors (Lipinski definition) is 3. The van der Waals surface area contributed by atoms with E-state index in [0.717, 1.165) is 22.2 Å². The summed E-state index contributed by atoms with van der Waals surface area (Å²) in [5.41, 5.74) is 3.58. The summed E-state index contributed by atoms with van der Waals surface area (Å²) in [5.74, 6) is -0.314. The first-order valence-corrected chi connectivity index (χ1v) is 9.31. The number of aromatic nitrogens is 2. The van der Waals surface area contributed by atoms with Crippen molar-refractivity contribution in [2.75, 3.05) is 4.72 Å². The van der Waals surface area contributed by atoms with E-state index in [-0.39, 0.29) is 10.7 Å². The summed E-state index contributed by atoms with van der Waals surface area (Å²) in [6.07, 6.45) is 1.55. The van der Waals surface area contributed by atoms with E-state index in [9.17, 15) is 12.8 Å². The standard InChI is InChI=1S/C19H14FN3O2S/c20-15-5-1-13(2-6-15)14-3-8-17(9-4-14)26(24,25)23-16-7-10-18-19(11-16)22-12-21-18/h1-12,23H,(H,21,22). The highest BCUT2D eigenvalue weighted by molar-refractivity contribution is 7.92. The molecule has 0 fully saturated rings. The fraction of sp³-hybridized carbons (Fsp3) is 0. The molecule has 26 heavy (non-hydrogen) atoms. The van der Waals surface area contributed by atoms with Crippen LogP contribution in [0.1, 0.15) is 0 Å². The number of benzene rings is 3. The second-order valence-corrected chi connectivity index (χ2v) is 7.45. The first-order chi connectivity index (χ1) is 12.5. The highest BCUT2D eigenvalue weighted by Gasteiger charge is 2.14. The number of sulfonamides is 1. The molecule has 3 aromatic carbocycles. The van der Waals surface area contributed by atoms with Crippen LogP contribution in [-0.2, 0) is 10.0 Å². The largest absolute Gasteiger partial charge is 0.345 e. The lowest BCUT2D eigenvalue weighted by atomic mass is 10.1. The number of nitrogens with one attached hydrogen (secondary N) is 2. The molecule has 1 aromatic heterocycles. The molecule has 0 bridgehead atoms. The summed E-state index contributed by atoms with van der Waals surface area (Å²) >= 11 is 0. The molecule has 0 unspecified atom stereocenters. The van der Waals surface area contributed by atoms with Crippen molar-refractivity contribution in [2.45, 2.75) is 4.90 Å². The Labute approximate surface area is 149 Å². The maximum absolute atomic E-state index is 13.0. The summed E-state index contributed by atoms with van der Waals surface area (Å²) in [7, 11) is -3.72. The molecule has 7 heteroatoms. The lowest BCUT2D eigenvalue weighted by Crippen LogP contribution is -2.12. The molecule has 5 nitrogen and oxygen atoms in total. The van der Waals surface area contributed by atoms with Gasteiger partial charge in [0.1, 0.15) is 5.82 Å². The molecule has 4 rings (SSSR count). The summed E-state index contributed by atoms with van der Waals surface area (Å²) in [6, 6.07) is 17.6. The van der Waals surface area contributed by atoms with Crippen LogP contribution in [0.5, 0.6) is 0 Å². The average Bonchev–Trinajstić information content (AvgIpc) is 3.10. The van der Waals surface area contributed by atoms with Gasteiger partial charge in [0.25, 0.3) is 10.0 Å². The van der Waals surface area contributed by atoms with Crippen LogP contribution in [0.15, 0.2) is 78.0 Å². The Morgan fingerprint density at radius 3 is 2.23 bits per heavy atom. The van der Waals surface area contributed by atoms with E-state index in [4.69, 9.17) is 0 Å². The second-order valence-electron chi connectivity index (χ2n) is 5.77. The zero-order chi connectivity index (χ0) is 18.1. The quantitative estimate of drug-likeness (QED) is 0.568. The predicted molar refractivity (Wildman–Crippen MR) is 98.7 cm³/mol. The molecule has 0 aliphatic carbocycles. The monoisotopic (exact) mass is 367 g/mol. The lowest BCUT2D eigenvalue weighted by Gasteiger charge is -2.09. The maximum Gasteiger partial charge on any atom is 0.261 e. The van der Waals surface area contributed by atoms with Crippen LogP contribution in [0.3, 0.4) is 0 Å². The Kier molecular flexibility index (Phi) is 3.93. The summed E-state index contributed by atoms with van der Waals surface area (Å²) in [4.78, 5) is 7.19. The highest BCUT2D eigenvalue weighted by atomic mass is 32.2. The van der Waals surface area contributed by atoms with Gasteiger partial charge in [-0.1, -0.05) is 24.3 Å². The fourth-order valence-electron chi connectivity index (χ4n) is 2.68. The van der Waals surface area contributed by atoms with E-state index < -0.39 is 10.0 Å². The van der Waals surface area contributed by atoms with Gasteiger partial charge in [-0.15, -0.1) is 0 Å². The van der Waals surface area contributed by atoms with Gasteiger partial charge < -0.3 is 4.98 Å². The van der Waals surface area contributed by atoms with Gasteiger partial charge >= 0.3 is 0 Å². The number of H-pyrrole nitrogens is 1. The minimum absolute atomic E-state index is 0.146. The lowest BCUT2D eigenvalue weighted by molar-refractivity contribution is 0.601. The molecule has 0 saturated carbocycles. The SMILES string of the molecule is O=S(=O)(Nc1ccc2nc[nH]c2c1)c1ccc(-c2ccc(F)cc2)cc1. The molecule has 0 saturated heterocycles. The Hall–Kier alpha value is -3.19. The molecule has 0 atom stereocenters. The van der Waals surface area contributed by atoms with E-state index in [1.54, 1.807) is 48.8 Å². The first kappa shape index (κ1) is 16.3. The Balaban J connectivity index is 1.59. The van der Waals surface area contributed by atoms with Crippen LogP contribution in [0.4, 0.5) is 10.1 Å². The van der Waals surface area contributed by atoms with Gasteiger partial charge in [0.2, 0.25) is 0 Å². The van der Waals surface area contributed by atoms with Crippen molar-refractivity contribution in [1.82, 2.24) is 9.97 Å². The van der Waals surface area contributed by atoms with Crippen molar-refractivity contribution in [3.63, 3.8) is 0 Å². The van der Waals surface area contributed by atoms with Crippen molar-refractivity contribution >= 4 is 26.7 Å². The third-order valence-corrected chi connectivity index (χ3v) is 5.41. The van der Waals surface area contributed by atoms with Crippen LogP contribution in [0.2, 0.25) is 0 Å². The number of halogens is 1. The van der Waals surface area contributed by atoms with E-state index in [1.165, 1.54) is 24.3 Å².